The van der Waals surface area contributed by atoms with Gasteiger partial charge in [-0.15, -0.1) is 0 Å². The average molecular weight is 273 g/mol. The van der Waals surface area contributed by atoms with Gasteiger partial charge in [0.2, 0.25) is 0 Å². The first-order chi connectivity index (χ1) is 9.65. The van der Waals surface area contributed by atoms with Crippen molar-refractivity contribution < 1.29 is 14.6 Å². The zero-order chi connectivity index (χ0) is 14.5. The number of ether oxygens (including phenoxy) is 2. The Kier molecular flexibility index (Phi) is 4.35. The summed E-state index contributed by atoms with van der Waals surface area (Å²) in [5.74, 6) is 1.72. The number of methoxy groups -OCH3 is 2. The van der Waals surface area contributed by atoms with Gasteiger partial charge < -0.3 is 19.9 Å². The van der Waals surface area contributed by atoms with Gasteiger partial charge in [-0.1, -0.05) is 12.1 Å². The first kappa shape index (κ1) is 14.1. The maximum Gasteiger partial charge on any atom is 0.141 e. The van der Waals surface area contributed by atoms with Crippen LogP contribution in [-0.4, -0.2) is 19.3 Å². The molecule has 0 heterocycles. The number of hydrogen-bond acceptors (Lipinski definition) is 4. The molecule has 1 atom stereocenters. The molecule has 0 saturated heterocycles. The molecule has 0 aromatic heterocycles. The fraction of sp³-hybridized carbons (Fsp3) is 0.250. The third-order valence-corrected chi connectivity index (χ3v) is 3.18. The summed E-state index contributed by atoms with van der Waals surface area (Å²) in [6.07, 6.45) is 0. The molecular weight excluding hydrogens is 254 g/mol. The van der Waals surface area contributed by atoms with Crippen molar-refractivity contribution in [2.45, 2.75) is 13.0 Å². The van der Waals surface area contributed by atoms with Crippen molar-refractivity contribution >= 4 is 5.69 Å². The van der Waals surface area contributed by atoms with Crippen LogP contribution < -0.4 is 14.8 Å². The van der Waals surface area contributed by atoms with Gasteiger partial charge in [0, 0.05) is 5.56 Å². The van der Waals surface area contributed by atoms with Crippen molar-refractivity contribution in [2.24, 2.45) is 0 Å². The second kappa shape index (κ2) is 6.19. The molecule has 2 rings (SSSR count). The van der Waals surface area contributed by atoms with E-state index < -0.39 is 0 Å². The molecule has 4 nitrogen and oxygen atoms in total. The molecule has 1 unspecified atom stereocenters. The predicted octanol–water partition coefficient (Wildman–Crippen LogP) is 3.58. The second-order valence-corrected chi connectivity index (χ2v) is 4.49. The fourth-order valence-corrected chi connectivity index (χ4v) is 2.08. The molecule has 106 valence electrons. The van der Waals surface area contributed by atoms with E-state index in [1.807, 2.05) is 37.3 Å². The lowest BCUT2D eigenvalue weighted by Gasteiger charge is -2.19. The van der Waals surface area contributed by atoms with Gasteiger partial charge in [0.05, 0.1) is 25.9 Å². The van der Waals surface area contributed by atoms with Crippen LogP contribution in [0, 0.1) is 0 Å². The van der Waals surface area contributed by atoms with Crippen LogP contribution in [0.3, 0.4) is 0 Å². The lowest BCUT2D eigenvalue weighted by molar-refractivity contribution is 0.409. The normalized spacial score (nSPS) is 11.8. The number of phenolic OH excluding ortho intramolecular Hbond substituents is 1. The minimum Gasteiger partial charge on any atom is -0.508 e. The Morgan fingerprint density at radius 3 is 2.50 bits per heavy atom. The highest BCUT2D eigenvalue weighted by Gasteiger charge is 2.13. The van der Waals surface area contributed by atoms with Crippen molar-refractivity contribution in [1.82, 2.24) is 0 Å². The van der Waals surface area contributed by atoms with E-state index in [4.69, 9.17) is 9.47 Å². The maximum atomic E-state index is 9.98. The number of benzene rings is 2. The zero-order valence-electron chi connectivity index (χ0n) is 11.9. The predicted molar refractivity (Wildman–Crippen MR) is 79.7 cm³/mol. The Labute approximate surface area is 119 Å². The molecule has 0 aliphatic carbocycles. The van der Waals surface area contributed by atoms with Crippen LogP contribution >= 0.6 is 0 Å². The summed E-state index contributed by atoms with van der Waals surface area (Å²) in [7, 11) is 3.24. The van der Waals surface area contributed by atoms with Crippen LogP contribution in [0.4, 0.5) is 5.69 Å². The van der Waals surface area contributed by atoms with E-state index in [0.717, 1.165) is 17.0 Å². The van der Waals surface area contributed by atoms with E-state index in [-0.39, 0.29) is 11.8 Å². The van der Waals surface area contributed by atoms with Crippen LogP contribution in [0.15, 0.2) is 42.5 Å². The largest absolute Gasteiger partial charge is 0.508 e. The molecule has 0 saturated carbocycles. The minimum atomic E-state index is -0.0820. The number of aromatic hydroxyl groups is 1. The van der Waals surface area contributed by atoms with E-state index in [1.165, 1.54) is 0 Å². The summed E-state index contributed by atoms with van der Waals surface area (Å²) in [5, 5.41) is 13.3. The molecule has 20 heavy (non-hydrogen) atoms. The molecule has 0 amide bonds. The summed E-state index contributed by atoms with van der Waals surface area (Å²) < 4.78 is 10.5. The van der Waals surface area contributed by atoms with E-state index in [0.29, 0.717) is 5.75 Å². The third kappa shape index (κ3) is 2.96. The van der Waals surface area contributed by atoms with Crippen molar-refractivity contribution in [3.63, 3.8) is 0 Å². The Balaban J connectivity index is 2.25. The number of para-hydroxylation sites is 2. The molecule has 2 aromatic carbocycles. The van der Waals surface area contributed by atoms with Crippen LogP contribution in [0.25, 0.3) is 0 Å². The molecule has 0 aliphatic heterocycles. The van der Waals surface area contributed by atoms with Gasteiger partial charge in [-0.25, -0.2) is 0 Å². The van der Waals surface area contributed by atoms with E-state index in [2.05, 4.69) is 5.32 Å². The number of nitrogens with one attached hydrogen (secondary N) is 1. The lowest BCUT2D eigenvalue weighted by Crippen LogP contribution is -2.08. The van der Waals surface area contributed by atoms with Crippen LogP contribution in [0.5, 0.6) is 17.2 Å². The first-order valence-corrected chi connectivity index (χ1v) is 6.42. The van der Waals surface area contributed by atoms with E-state index in [9.17, 15) is 5.11 Å². The van der Waals surface area contributed by atoms with Crippen molar-refractivity contribution in [1.29, 1.82) is 0 Å². The maximum absolute atomic E-state index is 9.98. The Morgan fingerprint density at radius 1 is 1.05 bits per heavy atom. The molecule has 4 heteroatoms. The number of hydrogen-bond donors (Lipinski definition) is 2. The second-order valence-electron chi connectivity index (χ2n) is 4.49. The molecule has 0 spiro atoms. The SMILES string of the molecule is COc1ccc(O)c(C(C)Nc2ccccc2OC)c1. The van der Waals surface area contributed by atoms with Gasteiger partial charge in [-0.05, 0) is 37.3 Å². The van der Waals surface area contributed by atoms with Gasteiger partial charge in [0.25, 0.3) is 0 Å². The monoisotopic (exact) mass is 273 g/mol. The highest BCUT2D eigenvalue weighted by atomic mass is 16.5. The fourth-order valence-electron chi connectivity index (χ4n) is 2.08. The number of phenols is 1. The summed E-state index contributed by atoms with van der Waals surface area (Å²) in [6.45, 7) is 1.97. The molecule has 0 aliphatic rings. The highest BCUT2D eigenvalue weighted by Crippen LogP contribution is 2.33. The molecule has 0 bridgehead atoms. The van der Waals surface area contributed by atoms with Crippen LogP contribution in [-0.2, 0) is 0 Å². The molecular formula is C16H19NO3. The van der Waals surface area contributed by atoms with E-state index in [1.54, 1.807) is 26.4 Å². The number of anilines is 1. The minimum absolute atomic E-state index is 0.0820. The molecule has 0 fully saturated rings. The van der Waals surface area contributed by atoms with Gasteiger partial charge in [-0.3, -0.25) is 0 Å². The lowest BCUT2D eigenvalue weighted by atomic mass is 10.1. The topological polar surface area (TPSA) is 50.7 Å². The van der Waals surface area contributed by atoms with Crippen LogP contribution in [0.1, 0.15) is 18.5 Å². The highest BCUT2D eigenvalue weighted by molar-refractivity contribution is 5.58. The quantitative estimate of drug-likeness (QED) is 0.874. The summed E-state index contributed by atoms with van der Waals surface area (Å²) >= 11 is 0. The van der Waals surface area contributed by atoms with Crippen molar-refractivity contribution in [3.8, 4) is 17.2 Å². The van der Waals surface area contributed by atoms with Gasteiger partial charge in [0.15, 0.2) is 0 Å². The molecule has 2 aromatic rings. The van der Waals surface area contributed by atoms with Crippen molar-refractivity contribution in [3.05, 3.63) is 48.0 Å². The Morgan fingerprint density at radius 2 is 1.80 bits per heavy atom. The van der Waals surface area contributed by atoms with E-state index >= 15 is 0 Å². The van der Waals surface area contributed by atoms with Crippen molar-refractivity contribution in [2.75, 3.05) is 19.5 Å². The first-order valence-electron chi connectivity index (χ1n) is 6.42. The van der Waals surface area contributed by atoms with Gasteiger partial charge in [0.1, 0.15) is 17.2 Å². The summed E-state index contributed by atoms with van der Waals surface area (Å²) in [4.78, 5) is 0. The van der Waals surface area contributed by atoms with Crippen LogP contribution in [0.2, 0.25) is 0 Å². The molecule has 2 N–H and O–H groups in total. The molecule has 0 radical (unpaired) electrons. The van der Waals surface area contributed by atoms with Gasteiger partial charge >= 0.3 is 0 Å². The Hall–Kier alpha value is -2.36. The third-order valence-electron chi connectivity index (χ3n) is 3.18. The Bertz CT molecular complexity index is 584. The summed E-state index contributed by atoms with van der Waals surface area (Å²) in [5.41, 5.74) is 1.65. The average Bonchev–Trinajstić information content (AvgIpc) is 2.48. The standard InChI is InChI=1S/C16H19NO3/c1-11(13-10-12(19-2)8-9-15(13)18)17-14-6-4-5-7-16(14)20-3/h4-11,17-18H,1-3H3. The number of rotatable bonds is 5. The van der Waals surface area contributed by atoms with Gasteiger partial charge in [-0.2, -0.15) is 0 Å². The zero-order valence-corrected chi connectivity index (χ0v) is 11.9. The smallest absolute Gasteiger partial charge is 0.141 e. The summed E-state index contributed by atoms with van der Waals surface area (Å²) in [6, 6.07) is 12.8.